The van der Waals surface area contributed by atoms with Crippen LogP contribution in [0.5, 0.6) is 0 Å². The smallest absolute Gasteiger partial charge is 0.222 e. The highest BCUT2D eigenvalue weighted by molar-refractivity contribution is 5.77. The van der Waals surface area contributed by atoms with Gasteiger partial charge in [0.1, 0.15) is 5.82 Å². The Kier molecular flexibility index (Phi) is 5.57. The zero-order valence-corrected chi connectivity index (χ0v) is 16.4. The van der Waals surface area contributed by atoms with Crippen LogP contribution >= 0.6 is 0 Å². The minimum absolute atomic E-state index is 0.281. The number of hydrogen-bond acceptors (Lipinski definition) is 5. The summed E-state index contributed by atoms with van der Waals surface area (Å²) in [5.41, 5.74) is 8.63. The minimum Gasteiger partial charge on any atom is -0.383 e. The minimum atomic E-state index is 0.281. The zero-order valence-electron chi connectivity index (χ0n) is 16.4. The molecular formula is C22H29N5O. The van der Waals surface area contributed by atoms with E-state index in [4.69, 9.17) is 5.73 Å². The molecule has 1 spiro atoms. The number of carbonyl (C=O) groups excluding carboxylic acids is 1. The maximum atomic E-state index is 12.5. The number of aromatic nitrogens is 2. The van der Waals surface area contributed by atoms with E-state index in [1.807, 2.05) is 30.6 Å². The molecule has 148 valence electrons. The van der Waals surface area contributed by atoms with Gasteiger partial charge in [0.2, 0.25) is 5.91 Å². The summed E-state index contributed by atoms with van der Waals surface area (Å²) in [7, 11) is 0. The Morgan fingerprint density at radius 1 is 1.07 bits per heavy atom. The number of rotatable bonds is 5. The molecule has 2 fully saturated rings. The van der Waals surface area contributed by atoms with Gasteiger partial charge in [0.05, 0.1) is 0 Å². The number of hydrogen-bond donors (Lipinski definition) is 1. The van der Waals surface area contributed by atoms with E-state index in [1.165, 1.54) is 5.56 Å². The van der Waals surface area contributed by atoms with Gasteiger partial charge in [0.25, 0.3) is 0 Å². The predicted molar refractivity (Wildman–Crippen MR) is 109 cm³/mol. The summed E-state index contributed by atoms with van der Waals surface area (Å²) >= 11 is 0. The van der Waals surface area contributed by atoms with Crippen LogP contribution in [0.4, 0.5) is 5.82 Å². The average molecular weight is 380 g/mol. The number of nitrogen functional groups attached to an aromatic ring is 1. The highest BCUT2D eigenvalue weighted by Gasteiger charge is 2.40. The molecule has 2 saturated heterocycles. The lowest BCUT2D eigenvalue weighted by Gasteiger charge is -2.47. The molecule has 0 atom stereocenters. The molecule has 0 unspecified atom stereocenters. The number of piperidine rings is 2. The highest BCUT2D eigenvalue weighted by Crippen LogP contribution is 2.40. The molecule has 2 aliphatic heterocycles. The van der Waals surface area contributed by atoms with Gasteiger partial charge in [-0.3, -0.25) is 14.7 Å². The van der Waals surface area contributed by atoms with Gasteiger partial charge in [-0.25, -0.2) is 4.98 Å². The van der Waals surface area contributed by atoms with Crippen molar-refractivity contribution >= 4 is 11.7 Å². The van der Waals surface area contributed by atoms with Crippen LogP contribution in [0.2, 0.25) is 0 Å². The first-order valence-electron chi connectivity index (χ1n) is 10.2. The van der Waals surface area contributed by atoms with Crippen molar-refractivity contribution in [2.75, 3.05) is 31.9 Å². The highest BCUT2D eigenvalue weighted by atomic mass is 16.2. The number of nitrogens with two attached hydrogens (primary N) is 1. The molecule has 0 aliphatic carbocycles. The Balaban J connectivity index is 1.32. The van der Waals surface area contributed by atoms with E-state index in [9.17, 15) is 4.79 Å². The fourth-order valence-corrected chi connectivity index (χ4v) is 4.54. The summed E-state index contributed by atoms with van der Waals surface area (Å²) in [6.07, 6.45) is 10.3. The van der Waals surface area contributed by atoms with E-state index in [0.717, 1.165) is 64.0 Å². The SMILES string of the molecule is Nc1ncccc1CN1CCC2(CCC(=O)N(CCc3ccncc3)C2)CC1. The Hall–Kier alpha value is -2.47. The van der Waals surface area contributed by atoms with Crippen molar-refractivity contribution in [2.24, 2.45) is 5.41 Å². The van der Waals surface area contributed by atoms with Crippen molar-refractivity contribution in [3.63, 3.8) is 0 Å². The number of anilines is 1. The quantitative estimate of drug-likeness (QED) is 0.864. The summed E-state index contributed by atoms with van der Waals surface area (Å²) in [6, 6.07) is 8.08. The van der Waals surface area contributed by atoms with Crippen molar-refractivity contribution in [1.29, 1.82) is 0 Å². The first kappa shape index (κ1) is 18.9. The van der Waals surface area contributed by atoms with Gasteiger partial charge in [-0.1, -0.05) is 6.07 Å². The van der Waals surface area contributed by atoms with Crippen LogP contribution in [0.1, 0.15) is 36.8 Å². The lowest BCUT2D eigenvalue weighted by molar-refractivity contribution is -0.139. The number of likely N-dealkylation sites (tertiary alicyclic amines) is 2. The fourth-order valence-electron chi connectivity index (χ4n) is 4.54. The van der Waals surface area contributed by atoms with Crippen LogP contribution in [0, 0.1) is 5.41 Å². The lowest BCUT2D eigenvalue weighted by atomic mass is 9.72. The molecule has 28 heavy (non-hydrogen) atoms. The van der Waals surface area contributed by atoms with Gasteiger partial charge in [-0.05, 0) is 68.0 Å². The second-order valence-electron chi connectivity index (χ2n) is 8.24. The van der Waals surface area contributed by atoms with Gasteiger partial charge in [-0.2, -0.15) is 0 Å². The topological polar surface area (TPSA) is 75.3 Å². The van der Waals surface area contributed by atoms with E-state index in [0.29, 0.717) is 18.1 Å². The van der Waals surface area contributed by atoms with Crippen molar-refractivity contribution in [3.8, 4) is 0 Å². The molecular weight excluding hydrogens is 350 g/mol. The Morgan fingerprint density at radius 3 is 2.61 bits per heavy atom. The molecule has 0 bridgehead atoms. The summed E-state index contributed by atoms with van der Waals surface area (Å²) < 4.78 is 0. The number of amides is 1. The first-order valence-corrected chi connectivity index (χ1v) is 10.2. The second kappa shape index (κ2) is 8.27. The average Bonchev–Trinajstić information content (AvgIpc) is 2.73. The molecule has 6 heteroatoms. The Labute approximate surface area is 166 Å². The van der Waals surface area contributed by atoms with Crippen LogP contribution in [0.3, 0.4) is 0 Å². The van der Waals surface area contributed by atoms with E-state index < -0.39 is 0 Å². The molecule has 4 rings (SSSR count). The maximum absolute atomic E-state index is 12.5. The monoisotopic (exact) mass is 379 g/mol. The van der Waals surface area contributed by atoms with Crippen LogP contribution in [-0.2, 0) is 17.8 Å². The van der Waals surface area contributed by atoms with Crippen molar-refractivity contribution in [1.82, 2.24) is 19.8 Å². The van der Waals surface area contributed by atoms with E-state index in [2.05, 4.69) is 25.8 Å². The van der Waals surface area contributed by atoms with Gasteiger partial charge >= 0.3 is 0 Å². The number of pyridine rings is 2. The molecule has 0 saturated carbocycles. The van der Waals surface area contributed by atoms with Gasteiger partial charge in [0, 0.05) is 50.2 Å². The Morgan fingerprint density at radius 2 is 1.86 bits per heavy atom. The third-order valence-electron chi connectivity index (χ3n) is 6.40. The van der Waals surface area contributed by atoms with Gasteiger partial charge in [-0.15, -0.1) is 0 Å². The largest absolute Gasteiger partial charge is 0.383 e. The lowest BCUT2D eigenvalue weighted by Crippen LogP contribution is -2.51. The molecule has 2 N–H and O–H groups in total. The molecule has 2 aliphatic rings. The summed E-state index contributed by atoms with van der Waals surface area (Å²) in [5.74, 6) is 0.943. The van der Waals surface area contributed by atoms with E-state index >= 15 is 0 Å². The standard InChI is InChI=1S/C22H29N5O/c23-21-19(2-1-10-25-21)16-26-14-8-22(9-15-26)7-3-20(28)27(17-22)13-6-18-4-11-24-12-5-18/h1-2,4-5,10-12H,3,6-9,13-17H2,(H2,23,25). The normalized spacial score (nSPS) is 19.9. The van der Waals surface area contributed by atoms with Crippen LogP contribution < -0.4 is 5.73 Å². The molecule has 1 amide bonds. The van der Waals surface area contributed by atoms with Gasteiger partial charge in [0.15, 0.2) is 0 Å². The molecule has 4 heterocycles. The molecule has 2 aromatic heterocycles. The molecule has 0 radical (unpaired) electrons. The third-order valence-corrected chi connectivity index (χ3v) is 6.40. The third kappa shape index (κ3) is 4.33. The van der Waals surface area contributed by atoms with E-state index in [-0.39, 0.29) is 5.41 Å². The van der Waals surface area contributed by atoms with Crippen LogP contribution in [0.25, 0.3) is 0 Å². The summed E-state index contributed by atoms with van der Waals surface area (Å²) in [4.78, 5) is 25.3. The van der Waals surface area contributed by atoms with Gasteiger partial charge < -0.3 is 10.6 Å². The molecule has 6 nitrogen and oxygen atoms in total. The van der Waals surface area contributed by atoms with Crippen molar-refractivity contribution < 1.29 is 4.79 Å². The molecule has 0 aromatic carbocycles. The number of nitrogens with zero attached hydrogens (tertiary/aromatic N) is 4. The number of carbonyl (C=O) groups is 1. The second-order valence-corrected chi connectivity index (χ2v) is 8.24. The summed E-state index contributed by atoms with van der Waals surface area (Å²) in [6.45, 7) is 4.68. The first-order chi connectivity index (χ1) is 13.6. The Bertz CT molecular complexity index is 802. The summed E-state index contributed by atoms with van der Waals surface area (Å²) in [5, 5.41) is 0. The van der Waals surface area contributed by atoms with Crippen molar-refractivity contribution in [2.45, 2.75) is 38.6 Å². The maximum Gasteiger partial charge on any atom is 0.222 e. The predicted octanol–water partition coefficient (Wildman–Crippen LogP) is 2.51. The van der Waals surface area contributed by atoms with Crippen molar-refractivity contribution in [3.05, 3.63) is 54.0 Å². The fraction of sp³-hybridized carbons (Fsp3) is 0.500. The zero-order chi connectivity index (χ0) is 19.4. The van der Waals surface area contributed by atoms with Crippen LogP contribution in [-0.4, -0.2) is 51.9 Å². The van der Waals surface area contributed by atoms with E-state index in [1.54, 1.807) is 6.20 Å². The van der Waals surface area contributed by atoms with Crippen LogP contribution in [0.15, 0.2) is 42.9 Å². The molecule has 2 aromatic rings.